The van der Waals surface area contributed by atoms with Crippen molar-refractivity contribution in [2.75, 3.05) is 6.61 Å². The molecule has 0 radical (unpaired) electrons. The van der Waals surface area contributed by atoms with Crippen LogP contribution in [0, 0.1) is 13.8 Å². The van der Waals surface area contributed by atoms with E-state index in [4.69, 9.17) is 9.84 Å². The summed E-state index contributed by atoms with van der Waals surface area (Å²) in [6.07, 6.45) is 0. The molecule has 0 heterocycles. The topological polar surface area (TPSA) is 63.6 Å². The number of aryl methyl sites for hydroxylation is 2. The molecule has 0 spiro atoms. The van der Waals surface area contributed by atoms with Gasteiger partial charge in [0.1, 0.15) is 0 Å². The van der Waals surface area contributed by atoms with Crippen LogP contribution in [0.1, 0.15) is 38.8 Å². The summed E-state index contributed by atoms with van der Waals surface area (Å²) in [5.41, 5.74) is 1.34. The van der Waals surface area contributed by atoms with Crippen molar-refractivity contribution in [2.24, 2.45) is 0 Å². The molecule has 0 fully saturated rings. The standard InChI is InChI=1S/C12H14O4/c1-4-16-12(15)10-8(3)6-5-7(2)9(10)11(13)14/h5-6H,4H2,1-3H3,(H,13,14). The number of hydrogen-bond donors (Lipinski definition) is 1. The van der Waals surface area contributed by atoms with Crippen molar-refractivity contribution < 1.29 is 19.4 Å². The highest BCUT2D eigenvalue weighted by molar-refractivity contribution is 6.04. The third-order valence-corrected chi connectivity index (χ3v) is 2.32. The molecule has 0 aromatic heterocycles. The normalized spacial score (nSPS) is 9.94. The molecule has 4 nitrogen and oxygen atoms in total. The third-order valence-electron chi connectivity index (χ3n) is 2.32. The molecule has 1 rings (SSSR count). The Morgan fingerprint density at radius 2 is 1.69 bits per heavy atom. The van der Waals surface area contributed by atoms with Gasteiger partial charge in [0.25, 0.3) is 0 Å². The Morgan fingerprint density at radius 3 is 2.12 bits per heavy atom. The van der Waals surface area contributed by atoms with Gasteiger partial charge in [-0.1, -0.05) is 12.1 Å². The Kier molecular flexibility index (Phi) is 3.66. The molecule has 0 aliphatic rings. The molecule has 1 aromatic rings. The Hall–Kier alpha value is -1.84. The van der Waals surface area contributed by atoms with Crippen LogP contribution in [0.25, 0.3) is 0 Å². The Bertz CT molecular complexity index is 435. The van der Waals surface area contributed by atoms with Crippen LogP contribution >= 0.6 is 0 Å². The van der Waals surface area contributed by atoms with E-state index in [0.717, 1.165) is 0 Å². The number of hydrogen-bond acceptors (Lipinski definition) is 3. The first-order valence-corrected chi connectivity index (χ1v) is 4.99. The van der Waals surface area contributed by atoms with E-state index in [1.807, 2.05) is 0 Å². The van der Waals surface area contributed by atoms with Crippen LogP contribution in [0.3, 0.4) is 0 Å². The van der Waals surface area contributed by atoms with Gasteiger partial charge in [0, 0.05) is 0 Å². The fraction of sp³-hybridized carbons (Fsp3) is 0.333. The maximum Gasteiger partial charge on any atom is 0.339 e. The van der Waals surface area contributed by atoms with Crippen molar-refractivity contribution in [2.45, 2.75) is 20.8 Å². The molecule has 0 bridgehead atoms. The number of aromatic carboxylic acids is 1. The van der Waals surface area contributed by atoms with Crippen LogP contribution in [-0.2, 0) is 4.74 Å². The minimum absolute atomic E-state index is 0.0263. The van der Waals surface area contributed by atoms with Crippen LogP contribution < -0.4 is 0 Å². The van der Waals surface area contributed by atoms with Crippen molar-refractivity contribution in [3.8, 4) is 0 Å². The number of carbonyl (C=O) groups is 2. The van der Waals surface area contributed by atoms with E-state index in [9.17, 15) is 9.59 Å². The molecule has 1 aromatic carbocycles. The first-order chi connectivity index (χ1) is 7.49. The predicted octanol–water partition coefficient (Wildman–Crippen LogP) is 2.18. The van der Waals surface area contributed by atoms with Gasteiger partial charge >= 0.3 is 11.9 Å². The van der Waals surface area contributed by atoms with E-state index in [1.165, 1.54) is 0 Å². The number of ether oxygens (including phenoxy) is 1. The number of carboxylic acid groups (broad SMARTS) is 1. The van der Waals surface area contributed by atoms with Gasteiger partial charge in [-0.05, 0) is 31.9 Å². The first kappa shape index (κ1) is 12.2. The summed E-state index contributed by atoms with van der Waals surface area (Å²) < 4.78 is 4.85. The van der Waals surface area contributed by atoms with Crippen molar-refractivity contribution in [1.82, 2.24) is 0 Å². The highest BCUT2D eigenvalue weighted by atomic mass is 16.5. The summed E-state index contributed by atoms with van der Waals surface area (Å²) in [5.74, 6) is -1.69. The fourth-order valence-electron chi connectivity index (χ4n) is 1.55. The largest absolute Gasteiger partial charge is 0.478 e. The molecule has 0 amide bonds. The Labute approximate surface area is 93.9 Å². The quantitative estimate of drug-likeness (QED) is 0.796. The van der Waals surface area contributed by atoms with Crippen molar-refractivity contribution in [3.63, 3.8) is 0 Å². The second-order valence-electron chi connectivity index (χ2n) is 3.47. The number of carbonyl (C=O) groups excluding carboxylic acids is 1. The number of carboxylic acids is 1. The third kappa shape index (κ3) is 2.21. The molecule has 0 aliphatic carbocycles. The molecule has 0 saturated heterocycles. The lowest BCUT2D eigenvalue weighted by Gasteiger charge is -2.11. The highest BCUT2D eigenvalue weighted by Crippen LogP contribution is 2.19. The number of esters is 1. The average Bonchev–Trinajstić information content (AvgIpc) is 2.20. The Balaban J connectivity index is 3.40. The van der Waals surface area contributed by atoms with Crippen LogP contribution in [0.5, 0.6) is 0 Å². The molecular weight excluding hydrogens is 208 g/mol. The molecule has 1 N–H and O–H groups in total. The van der Waals surface area contributed by atoms with Gasteiger partial charge in [0.2, 0.25) is 0 Å². The second kappa shape index (κ2) is 4.79. The number of benzene rings is 1. The molecule has 4 heteroatoms. The Morgan fingerprint density at radius 1 is 1.19 bits per heavy atom. The summed E-state index contributed by atoms with van der Waals surface area (Å²) in [6.45, 7) is 5.26. The minimum Gasteiger partial charge on any atom is -0.478 e. The van der Waals surface area contributed by atoms with Crippen molar-refractivity contribution in [1.29, 1.82) is 0 Å². The fourth-order valence-corrected chi connectivity index (χ4v) is 1.55. The van der Waals surface area contributed by atoms with Crippen LogP contribution in [0.4, 0.5) is 0 Å². The highest BCUT2D eigenvalue weighted by Gasteiger charge is 2.21. The first-order valence-electron chi connectivity index (χ1n) is 4.99. The van der Waals surface area contributed by atoms with Gasteiger partial charge in [-0.15, -0.1) is 0 Å². The lowest BCUT2D eigenvalue weighted by atomic mass is 9.97. The number of rotatable bonds is 3. The SMILES string of the molecule is CCOC(=O)c1c(C)ccc(C)c1C(=O)O. The van der Waals surface area contributed by atoms with E-state index < -0.39 is 11.9 Å². The van der Waals surface area contributed by atoms with Crippen LogP contribution in [0.2, 0.25) is 0 Å². The lowest BCUT2D eigenvalue weighted by molar-refractivity contribution is 0.0513. The lowest BCUT2D eigenvalue weighted by Crippen LogP contribution is -2.15. The van der Waals surface area contributed by atoms with Gasteiger partial charge in [0.05, 0.1) is 17.7 Å². The minimum atomic E-state index is -1.11. The van der Waals surface area contributed by atoms with E-state index in [0.29, 0.717) is 11.1 Å². The second-order valence-corrected chi connectivity index (χ2v) is 3.47. The molecule has 16 heavy (non-hydrogen) atoms. The zero-order valence-electron chi connectivity index (χ0n) is 9.53. The van der Waals surface area contributed by atoms with Gasteiger partial charge < -0.3 is 9.84 Å². The van der Waals surface area contributed by atoms with Gasteiger partial charge in [0.15, 0.2) is 0 Å². The maximum absolute atomic E-state index is 11.7. The van der Waals surface area contributed by atoms with Crippen LogP contribution in [0.15, 0.2) is 12.1 Å². The summed E-state index contributed by atoms with van der Waals surface area (Å²) >= 11 is 0. The predicted molar refractivity (Wildman–Crippen MR) is 58.8 cm³/mol. The van der Waals surface area contributed by atoms with Crippen LogP contribution in [-0.4, -0.2) is 23.7 Å². The van der Waals surface area contributed by atoms with Crippen molar-refractivity contribution >= 4 is 11.9 Å². The maximum atomic E-state index is 11.7. The van der Waals surface area contributed by atoms with E-state index in [1.54, 1.807) is 32.9 Å². The smallest absolute Gasteiger partial charge is 0.339 e. The molecule has 0 aliphatic heterocycles. The summed E-state index contributed by atoms with van der Waals surface area (Å²) in [4.78, 5) is 22.8. The van der Waals surface area contributed by atoms with Gasteiger partial charge in [-0.25, -0.2) is 9.59 Å². The van der Waals surface area contributed by atoms with E-state index in [2.05, 4.69) is 0 Å². The van der Waals surface area contributed by atoms with Crippen molar-refractivity contribution in [3.05, 3.63) is 34.4 Å². The van der Waals surface area contributed by atoms with E-state index in [-0.39, 0.29) is 17.7 Å². The molecule has 0 atom stereocenters. The summed E-state index contributed by atoms with van der Waals surface area (Å²) in [7, 11) is 0. The molecule has 0 unspecified atom stereocenters. The van der Waals surface area contributed by atoms with E-state index >= 15 is 0 Å². The monoisotopic (exact) mass is 222 g/mol. The summed E-state index contributed by atoms with van der Waals surface area (Å²) in [6, 6.07) is 3.40. The zero-order valence-corrected chi connectivity index (χ0v) is 9.53. The van der Waals surface area contributed by atoms with Gasteiger partial charge in [-0.3, -0.25) is 0 Å². The molecule has 86 valence electrons. The van der Waals surface area contributed by atoms with Gasteiger partial charge in [-0.2, -0.15) is 0 Å². The molecule has 0 saturated carbocycles. The summed E-state index contributed by atoms with van der Waals surface area (Å²) in [5, 5.41) is 9.08. The molecular formula is C12H14O4. The zero-order chi connectivity index (χ0) is 12.3. The average molecular weight is 222 g/mol.